The molecule has 0 radical (unpaired) electrons. The Kier molecular flexibility index (Phi) is 10.3. The van der Waals surface area contributed by atoms with Gasteiger partial charge in [0.05, 0.1) is 0 Å². The van der Waals surface area contributed by atoms with Gasteiger partial charge in [0, 0.05) is 24.9 Å². The number of likely N-dealkylation sites (N-methyl/N-ethyl adjacent to an activating group) is 1. The maximum absolute atomic E-state index is 13.5. The number of unbranched alkanes of at least 4 members (excludes halogenated alkanes) is 2. The van der Waals surface area contributed by atoms with E-state index in [-0.39, 0.29) is 5.83 Å². The van der Waals surface area contributed by atoms with Gasteiger partial charge in [0.25, 0.3) is 0 Å². The van der Waals surface area contributed by atoms with Crippen molar-refractivity contribution in [2.75, 3.05) is 13.6 Å². The molecule has 0 heterocycles. The first-order valence-electron chi connectivity index (χ1n) is 8.94. The first kappa shape index (κ1) is 22.4. The van der Waals surface area contributed by atoms with E-state index in [1.165, 1.54) is 31.3 Å². The van der Waals surface area contributed by atoms with Gasteiger partial charge in [-0.2, -0.15) is 0 Å². The first-order chi connectivity index (χ1) is 11.2. The van der Waals surface area contributed by atoms with Gasteiger partial charge in [-0.05, 0) is 44.3 Å². The van der Waals surface area contributed by atoms with Gasteiger partial charge in [-0.25, -0.2) is 4.39 Å². The molecule has 0 aromatic heterocycles. The molecule has 0 saturated carbocycles. The van der Waals surface area contributed by atoms with Crippen LogP contribution in [0.25, 0.3) is 0 Å². The Labute approximate surface area is 149 Å². The molecule has 0 saturated heterocycles. The van der Waals surface area contributed by atoms with E-state index in [1.54, 1.807) is 6.08 Å². The summed E-state index contributed by atoms with van der Waals surface area (Å²) in [6.45, 7) is 22.8. The summed E-state index contributed by atoms with van der Waals surface area (Å²) in [5, 5.41) is 0. The summed E-state index contributed by atoms with van der Waals surface area (Å²) in [7, 11) is 1.94. The van der Waals surface area contributed by atoms with Crippen molar-refractivity contribution in [2.45, 2.75) is 60.3 Å². The van der Waals surface area contributed by atoms with E-state index in [9.17, 15) is 4.39 Å². The van der Waals surface area contributed by atoms with Crippen molar-refractivity contribution in [2.24, 2.45) is 5.92 Å². The maximum Gasteiger partial charge on any atom is 0.120 e. The summed E-state index contributed by atoms with van der Waals surface area (Å²) < 4.78 is 13.5. The van der Waals surface area contributed by atoms with Gasteiger partial charge in [-0.3, -0.25) is 0 Å². The molecular weight excluding hydrogens is 297 g/mol. The van der Waals surface area contributed by atoms with E-state index < -0.39 is 0 Å². The topological polar surface area (TPSA) is 3.24 Å². The second kappa shape index (κ2) is 11.1. The van der Waals surface area contributed by atoms with Gasteiger partial charge in [-0.1, -0.05) is 64.5 Å². The van der Waals surface area contributed by atoms with Crippen molar-refractivity contribution in [1.29, 1.82) is 0 Å². The lowest BCUT2D eigenvalue weighted by molar-refractivity contribution is 0.452. The third-order valence-electron chi connectivity index (χ3n) is 4.65. The molecule has 136 valence electrons. The number of halogens is 1. The van der Waals surface area contributed by atoms with Crippen LogP contribution >= 0.6 is 0 Å². The average Bonchev–Trinajstić information content (AvgIpc) is 2.51. The Morgan fingerprint density at radius 3 is 2.17 bits per heavy atom. The zero-order valence-corrected chi connectivity index (χ0v) is 16.6. The molecule has 1 unspecified atom stereocenters. The smallest absolute Gasteiger partial charge is 0.120 e. The fourth-order valence-electron chi connectivity index (χ4n) is 2.85. The summed E-state index contributed by atoms with van der Waals surface area (Å²) in [6, 6.07) is 0. The number of hydrogen-bond donors (Lipinski definition) is 0. The largest absolute Gasteiger partial charge is 0.370 e. The van der Waals surface area contributed by atoms with Crippen molar-refractivity contribution in [1.82, 2.24) is 4.90 Å². The van der Waals surface area contributed by atoms with Crippen LogP contribution in [0.2, 0.25) is 0 Å². The molecule has 1 nitrogen and oxygen atoms in total. The molecule has 0 aromatic carbocycles. The molecule has 0 N–H and O–H groups in total. The predicted octanol–water partition coefficient (Wildman–Crippen LogP) is 6.97. The van der Waals surface area contributed by atoms with Crippen molar-refractivity contribution >= 4 is 0 Å². The highest BCUT2D eigenvalue weighted by molar-refractivity contribution is 5.46. The molecule has 0 amide bonds. The number of nitrogens with zero attached hydrogens (tertiary/aromatic N) is 1. The maximum atomic E-state index is 13.5. The summed E-state index contributed by atoms with van der Waals surface area (Å²) in [5.41, 5.74) is 4.92. The van der Waals surface area contributed by atoms with Crippen LogP contribution in [-0.4, -0.2) is 18.5 Å². The van der Waals surface area contributed by atoms with E-state index in [0.29, 0.717) is 18.0 Å². The lowest BCUT2D eigenvalue weighted by Gasteiger charge is -2.28. The van der Waals surface area contributed by atoms with Gasteiger partial charge >= 0.3 is 0 Å². The van der Waals surface area contributed by atoms with E-state index in [2.05, 4.69) is 40.5 Å². The van der Waals surface area contributed by atoms with Crippen molar-refractivity contribution < 1.29 is 4.39 Å². The average molecular weight is 334 g/mol. The van der Waals surface area contributed by atoms with Gasteiger partial charge in [0.2, 0.25) is 0 Å². The molecule has 24 heavy (non-hydrogen) atoms. The van der Waals surface area contributed by atoms with Crippen LogP contribution in [0, 0.1) is 5.92 Å². The number of hydrogen-bond acceptors (Lipinski definition) is 1. The molecule has 0 aliphatic heterocycles. The second-order valence-corrected chi connectivity index (χ2v) is 6.76. The molecule has 0 bridgehead atoms. The van der Waals surface area contributed by atoms with Crippen molar-refractivity contribution in [3.8, 4) is 0 Å². The fourth-order valence-corrected chi connectivity index (χ4v) is 2.85. The third kappa shape index (κ3) is 6.90. The highest BCUT2D eigenvalue weighted by Gasteiger charge is 2.17. The molecule has 1 atom stereocenters. The van der Waals surface area contributed by atoms with E-state index in [4.69, 9.17) is 0 Å². The summed E-state index contributed by atoms with van der Waals surface area (Å²) in [4.78, 5) is 1.98. The molecule has 0 spiro atoms. The molecule has 0 fully saturated rings. The van der Waals surface area contributed by atoms with Crippen LogP contribution < -0.4 is 0 Å². The number of allylic oxidation sites excluding steroid dienone is 3. The molecule has 0 aromatic rings. The summed E-state index contributed by atoms with van der Waals surface area (Å²) in [6.07, 6.45) is 6.68. The van der Waals surface area contributed by atoms with Crippen LogP contribution in [0.1, 0.15) is 60.3 Å². The third-order valence-corrected chi connectivity index (χ3v) is 4.65. The Hall–Kier alpha value is -1.57. The summed E-state index contributed by atoms with van der Waals surface area (Å²) >= 11 is 0. The Morgan fingerprint density at radius 2 is 1.75 bits per heavy atom. The van der Waals surface area contributed by atoms with Gasteiger partial charge in [0.15, 0.2) is 0 Å². The monoisotopic (exact) mass is 333 g/mol. The van der Waals surface area contributed by atoms with E-state index in [0.717, 1.165) is 16.8 Å². The molecule has 2 heteroatoms. The molecule has 0 aliphatic carbocycles. The van der Waals surface area contributed by atoms with Gasteiger partial charge < -0.3 is 4.90 Å². The van der Waals surface area contributed by atoms with Crippen LogP contribution in [0.5, 0.6) is 0 Å². The standard InChI is InChI=1S/C22H36FN/c1-10-12-13-14-17(5)18(6)22(16(3)4)20(8)24(9)15-21(11-2)19(7)23/h11,17H,3,7-8,10,12-15H2,1-2,4-6,9H3/b21-11-,22-18-. The molecule has 0 rings (SSSR count). The highest BCUT2D eigenvalue weighted by Crippen LogP contribution is 2.30. The van der Waals surface area contributed by atoms with Crippen LogP contribution in [-0.2, 0) is 0 Å². The van der Waals surface area contributed by atoms with Crippen LogP contribution in [0.3, 0.4) is 0 Å². The van der Waals surface area contributed by atoms with Gasteiger partial charge in [0.1, 0.15) is 5.83 Å². The number of rotatable bonds is 11. The normalized spacial score (nSPS) is 14.0. The quantitative estimate of drug-likeness (QED) is 0.291. The van der Waals surface area contributed by atoms with E-state index in [1.807, 2.05) is 25.8 Å². The van der Waals surface area contributed by atoms with Crippen LogP contribution in [0.15, 0.2) is 59.6 Å². The highest BCUT2D eigenvalue weighted by atomic mass is 19.1. The zero-order chi connectivity index (χ0) is 18.9. The fraction of sp³-hybridized carbons (Fsp3) is 0.545. The minimum Gasteiger partial charge on any atom is -0.370 e. The minimum atomic E-state index is -0.386. The Bertz CT molecular complexity index is 522. The molecular formula is C22H36FN. The van der Waals surface area contributed by atoms with Gasteiger partial charge in [-0.15, -0.1) is 0 Å². The Morgan fingerprint density at radius 1 is 1.17 bits per heavy atom. The molecule has 0 aliphatic rings. The summed E-state index contributed by atoms with van der Waals surface area (Å²) in [5.74, 6) is 0.105. The Balaban J connectivity index is 5.35. The minimum absolute atomic E-state index is 0.386. The zero-order valence-electron chi connectivity index (χ0n) is 16.6. The lowest BCUT2D eigenvalue weighted by atomic mass is 9.88. The lowest BCUT2D eigenvalue weighted by Crippen LogP contribution is -2.23. The van der Waals surface area contributed by atoms with Crippen LogP contribution in [0.4, 0.5) is 4.39 Å². The SMILES string of the molecule is C=C(F)/C(=C\C)CN(C)C(=C)/C(C(=C)C)=C(/C)C(C)CCCCC. The first-order valence-corrected chi connectivity index (χ1v) is 8.94. The van der Waals surface area contributed by atoms with Crippen molar-refractivity contribution in [3.63, 3.8) is 0 Å². The second-order valence-electron chi connectivity index (χ2n) is 6.76. The predicted molar refractivity (Wildman–Crippen MR) is 107 cm³/mol. The van der Waals surface area contributed by atoms with Crippen molar-refractivity contribution in [3.05, 3.63) is 59.6 Å². The van der Waals surface area contributed by atoms with E-state index >= 15 is 0 Å².